The van der Waals surface area contributed by atoms with Gasteiger partial charge in [-0.1, -0.05) is 53.2 Å². The molecule has 0 aliphatic carbocycles. The van der Waals surface area contributed by atoms with Crippen LogP contribution in [0.4, 0.5) is 5.69 Å². The molecule has 7 heteroatoms. The summed E-state index contributed by atoms with van der Waals surface area (Å²) in [5.41, 5.74) is 3.12. The molecule has 6 nitrogen and oxygen atoms in total. The largest absolute Gasteiger partial charge is 0.495 e. The fraction of sp³-hybridized carbons (Fsp3) is 0.167. The van der Waals surface area contributed by atoms with Gasteiger partial charge < -0.3 is 19.3 Å². The summed E-state index contributed by atoms with van der Waals surface area (Å²) < 4.78 is 11.5. The van der Waals surface area contributed by atoms with Crippen LogP contribution in [0, 0.1) is 5.92 Å². The number of hydrogen-bond donors (Lipinski definition) is 1. The summed E-state index contributed by atoms with van der Waals surface area (Å²) in [6, 6.07) is 18.7. The number of rotatable bonds is 4. The summed E-state index contributed by atoms with van der Waals surface area (Å²) in [4.78, 5) is 18.7. The van der Waals surface area contributed by atoms with E-state index in [1.54, 1.807) is 26.2 Å². The SMILES string of the molecule is COc1cc2c(cc1NC(=O)C1C(c3ccccc3Cl)=NOC1C)oc1ccccc12. The lowest BCUT2D eigenvalue weighted by atomic mass is 9.92. The Hall–Kier alpha value is -3.51. The third kappa shape index (κ3) is 3.29. The van der Waals surface area contributed by atoms with E-state index < -0.39 is 12.0 Å². The first-order chi connectivity index (χ1) is 15.1. The number of carbonyl (C=O) groups excluding carboxylic acids is 1. The number of carbonyl (C=O) groups is 1. The molecular weight excluding hydrogens is 416 g/mol. The molecule has 31 heavy (non-hydrogen) atoms. The number of fused-ring (bicyclic) bond motifs is 3. The summed E-state index contributed by atoms with van der Waals surface area (Å²) in [5, 5.41) is 9.51. The molecule has 3 aromatic carbocycles. The Morgan fingerprint density at radius 1 is 1.06 bits per heavy atom. The number of anilines is 1. The summed E-state index contributed by atoms with van der Waals surface area (Å²) >= 11 is 6.33. The molecule has 5 rings (SSSR count). The maximum Gasteiger partial charge on any atom is 0.237 e. The van der Waals surface area contributed by atoms with Gasteiger partial charge in [-0.25, -0.2) is 0 Å². The van der Waals surface area contributed by atoms with Crippen molar-refractivity contribution in [2.75, 3.05) is 12.4 Å². The summed E-state index contributed by atoms with van der Waals surface area (Å²) in [5.74, 6) is -0.358. The van der Waals surface area contributed by atoms with E-state index in [9.17, 15) is 4.79 Å². The van der Waals surface area contributed by atoms with Crippen LogP contribution >= 0.6 is 11.6 Å². The fourth-order valence-corrected chi connectivity index (χ4v) is 4.16. The first-order valence-electron chi connectivity index (χ1n) is 9.85. The van der Waals surface area contributed by atoms with E-state index in [1.165, 1.54) is 0 Å². The van der Waals surface area contributed by atoms with Gasteiger partial charge in [0.1, 0.15) is 34.6 Å². The molecule has 1 N–H and O–H groups in total. The van der Waals surface area contributed by atoms with E-state index in [0.29, 0.717) is 33.3 Å². The molecule has 1 amide bonds. The van der Waals surface area contributed by atoms with Crippen LogP contribution < -0.4 is 10.1 Å². The van der Waals surface area contributed by atoms with Crippen molar-refractivity contribution in [3.05, 3.63) is 71.2 Å². The van der Waals surface area contributed by atoms with Gasteiger partial charge >= 0.3 is 0 Å². The van der Waals surface area contributed by atoms with Gasteiger partial charge in [0.05, 0.1) is 12.8 Å². The van der Waals surface area contributed by atoms with Crippen molar-refractivity contribution in [2.24, 2.45) is 11.1 Å². The molecule has 4 aromatic rings. The number of nitrogens with zero attached hydrogens (tertiary/aromatic N) is 1. The number of benzene rings is 3. The van der Waals surface area contributed by atoms with E-state index in [-0.39, 0.29) is 5.91 Å². The Morgan fingerprint density at radius 2 is 1.84 bits per heavy atom. The minimum absolute atomic E-state index is 0.266. The summed E-state index contributed by atoms with van der Waals surface area (Å²) in [7, 11) is 1.57. The number of hydrogen-bond acceptors (Lipinski definition) is 5. The van der Waals surface area contributed by atoms with Gasteiger partial charge in [-0.05, 0) is 25.1 Å². The number of nitrogens with one attached hydrogen (secondary N) is 1. The maximum absolute atomic E-state index is 13.3. The Bertz CT molecular complexity index is 1340. The molecule has 0 bridgehead atoms. The average molecular weight is 435 g/mol. The lowest BCUT2D eigenvalue weighted by Crippen LogP contribution is -2.34. The third-order valence-corrected chi connectivity index (χ3v) is 5.80. The molecule has 156 valence electrons. The van der Waals surface area contributed by atoms with E-state index in [1.807, 2.05) is 48.5 Å². The molecule has 0 saturated heterocycles. The monoisotopic (exact) mass is 434 g/mol. The predicted octanol–water partition coefficient (Wildman–Crippen LogP) is 5.63. The molecule has 0 saturated carbocycles. The van der Waals surface area contributed by atoms with Crippen LogP contribution in [0.1, 0.15) is 12.5 Å². The lowest BCUT2D eigenvalue weighted by molar-refractivity contribution is -0.120. The third-order valence-electron chi connectivity index (χ3n) is 5.47. The van der Waals surface area contributed by atoms with Gasteiger partial charge in [-0.2, -0.15) is 0 Å². The highest BCUT2D eigenvalue weighted by Crippen LogP contribution is 2.37. The molecular formula is C24H19ClN2O4. The summed E-state index contributed by atoms with van der Waals surface area (Å²) in [6.07, 6.45) is -0.438. The standard InChI is InChI=1S/C24H19ClN2O4/c1-13-22(23(27-31-13)15-8-3-5-9-17(15)25)24(28)26-18-12-20-16(11-21(18)29-2)14-7-4-6-10-19(14)30-20/h3-13,22H,1-2H3,(H,26,28). The van der Waals surface area contributed by atoms with Crippen molar-refractivity contribution >= 4 is 50.8 Å². The molecule has 1 aliphatic heterocycles. The molecule has 0 fully saturated rings. The average Bonchev–Trinajstić information content (AvgIpc) is 3.33. The van der Waals surface area contributed by atoms with Crippen LogP contribution in [0.5, 0.6) is 5.75 Å². The van der Waals surface area contributed by atoms with Crippen molar-refractivity contribution in [3.8, 4) is 5.75 Å². The Kier molecular flexibility index (Phi) is 4.79. The predicted molar refractivity (Wildman–Crippen MR) is 121 cm³/mol. The minimum Gasteiger partial charge on any atom is -0.495 e. The molecule has 2 unspecified atom stereocenters. The molecule has 1 aliphatic rings. The van der Waals surface area contributed by atoms with Gasteiger partial charge in [-0.3, -0.25) is 4.79 Å². The maximum atomic E-state index is 13.3. The number of furan rings is 1. The number of halogens is 1. The zero-order chi connectivity index (χ0) is 21.5. The van der Waals surface area contributed by atoms with Gasteiger partial charge in [0.25, 0.3) is 0 Å². The van der Waals surface area contributed by atoms with E-state index in [2.05, 4.69) is 10.5 Å². The highest BCUT2D eigenvalue weighted by Gasteiger charge is 2.39. The minimum atomic E-state index is -0.629. The van der Waals surface area contributed by atoms with Gasteiger partial charge in [0.15, 0.2) is 0 Å². The van der Waals surface area contributed by atoms with Gasteiger partial charge in [0.2, 0.25) is 5.91 Å². The second kappa shape index (κ2) is 7.63. The number of ether oxygens (including phenoxy) is 1. The molecule has 2 atom stereocenters. The Morgan fingerprint density at radius 3 is 2.65 bits per heavy atom. The van der Waals surface area contributed by atoms with Crippen molar-refractivity contribution in [2.45, 2.75) is 13.0 Å². The fourth-order valence-electron chi connectivity index (χ4n) is 3.93. The second-order valence-corrected chi connectivity index (χ2v) is 7.79. The topological polar surface area (TPSA) is 73.1 Å². The van der Waals surface area contributed by atoms with Crippen molar-refractivity contribution in [1.29, 1.82) is 0 Å². The normalized spacial score (nSPS) is 18.1. The van der Waals surface area contributed by atoms with Crippen LogP contribution in [0.25, 0.3) is 21.9 Å². The van der Waals surface area contributed by atoms with Crippen molar-refractivity contribution < 1.29 is 18.8 Å². The molecule has 1 aromatic heterocycles. The van der Waals surface area contributed by atoms with Crippen molar-refractivity contribution in [3.63, 3.8) is 0 Å². The second-order valence-electron chi connectivity index (χ2n) is 7.38. The summed E-state index contributed by atoms with van der Waals surface area (Å²) in [6.45, 7) is 1.80. The first-order valence-corrected chi connectivity index (χ1v) is 10.2. The van der Waals surface area contributed by atoms with E-state index in [0.717, 1.165) is 16.4 Å². The lowest BCUT2D eigenvalue weighted by Gasteiger charge is -2.17. The smallest absolute Gasteiger partial charge is 0.237 e. The van der Waals surface area contributed by atoms with Crippen LogP contribution in [-0.4, -0.2) is 24.8 Å². The van der Waals surface area contributed by atoms with E-state index in [4.69, 9.17) is 25.6 Å². The molecule has 0 spiro atoms. The number of amides is 1. The Balaban J connectivity index is 1.51. The van der Waals surface area contributed by atoms with Crippen molar-refractivity contribution in [1.82, 2.24) is 0 Å². The quantitative estimate of drug-likeness (QED) is 0.452. The zero-order valence-corrected chi connectivity index (χ0v) is 17.6. The highest BCUT2D eigenvalue weighted by atomic mass is 35.5. The van der Waals surface area contributed by atoms with Crippen LogP contribution in [0.3, 0.4) is 0 Å². The highest BCUT2D eigenvalue weighted by molar-refractivity contribution is 6.35. The first kappa shape index (κ1) is 19.5. The van der Waals surface area contributed by atoms with E-state index >= 15 is 0 Å². The van der Waals surface area contributed by atoms with Crippen LogP contribution in [0.2, 0.25) is 5.02 Å². The van der Waals surface area contributed by atoms with Crippen LogP contribution in [-0.2, 0) is 9.63 Å². The van der Waals surface area contributed by atoms with Gasteiger partial charge in [0, 0.05) is 27.4 Å². The Labute approximate surface area is 183 Å². The number of methoxy groups -OCH3 is 1. The molecule has 2 heterocycles. The van der Waals surface area contributed by atoms with Gasteiger partial charge in [-0.15, -0.1) is 0 Å². The zero-order valence-electron chi connectivity index (χ0n) is 16.9. The molecule has 0 radical (unpaired) electrons. The number of oxime groups is 1. The van der Waals surface area contributed by atoms with Crippen LogP contribution in [0.15, 0.2) is 70.2 Å². The number of para-hydroxylation sites is 1.